The first kappa shape index (κ1) is 19.7. The van der Waals surface area contributed by atoms with Crippen LogP contribution in [-0.2, 0) is 4.79 Å². The number of ether oxygens (including phenoxy) is 1. The Bertz CT molecular complexity index is 1190. The molecular formula is C22H20ClN5O3. The van der Waals surface area contributed by atoms with Crippen LogP contribution in [0.1, 0.15) is 35.3 Å². The van der Waals surface area contributed by atoms with Crippen LogP contribution < -0.4 is 15.4 Å². The number of carbonyl (C=O) groups excluding carboxylic acids is 2. The van der Waals surface area contributed by atoms with Crippen molar-refractivity contribution in [2.75, 3.05) is 6.61 Å². The summed E-state index contributed by atoms with van der Waals surface area (Å²) in [6.45, 7) is 1.81. The van der Waals surface area contributed by atoms with Gasteiger partial charge in [-0.3, -0.25) is 9.59 Å². The number of carbonyl (C=O) groups is 2. The number of aromatic nitrogens is 3. The standard InChI is InChI=1S/C22H20ClN5O3/c1-13-7-14(4-5-15(13)23)31-9-18(29)27-21-10-22(11-21,12-21)28-20(30)17-8-25-19-16(26-17)3-2-6-24-19/h2-8H,9-12H2,1H3,(H,27,29)(H,28,30). The van der Waals surface area contributed by atoms with Crippen LogP contribution in [0.4, 0.5) is 0 Å². The number of nitrogens with one attached hydrogen (secondary N) is 2. The molecule has 3 saturated carbocycles. The van der Waals surface area contributed by atoms with Crippen molar-refractivity contribution in [2.24, 2.45) is 0 Å². The Hall–Kier alpha value is -3.26. The summed E-state index contributed by atoms with van der Waals surface area (Å²) in [5, 5.41) is 6.75. The van der Waals surface area contributed by atoms with Crippen molar-refractivity contribution in [1.29, 1.82) is 0 Å². The lowest BCUT2D eigenvalue weighted by atomic mass is 9.44. The molecule has 1 aromatic carbocycles. The summed E-state index contributed by atoms with van der Waals surface area (Å²) >= 11 is 6.00. The molecule has 0 atom stereocenters. The van der Waals surface area contributed by atoms with E-state index in [-0.39, 0.29) is 35.2 Å². The molecule has 6 rings (SSSR count). The van der Waals surface area contributed by atoms with Crippen LogP contribution in [0.25, 0.3) is 11.2 Å². The van der Waals surface area contributed by atoms with Crippen LogP contribution in [0.15, 0.2) is 42.7 Å². The molecular weight excluding hydrogens is 418 g/mol. The van der Waals surface area contributed by atoms with Crippen molar-refractivity contribution in [3.8, 4) is 5.75 Å². The predicted octanol–water partition coefficient (Wildman–Crippen LogP) is 2.59. The van der Waals surface area contributed by atoms with Crippen LogP contribution in [0.5, 0.6) is 5.75 Å². The molecule has 0 radical (unpaired) electrons. The van der Waals surface area contributed by atoms with Crippen LogP contribution in [-0.4, -0.2) is 44.5 Å². The highest BCUT2D eigenvalue weighted by Gasteiger charge is 2.69. The number of benzene rings is 1. The second kappa shape index (κ2) is 7.16. The fourth-order valence-electron chi connectivity index (χ4n) is 4.51. The van der Waals surface area contributed by atoms with Gasteiger partial charge in [0, 0.05) is 22.3 Å². The maximum Gasteiger partial charge on any atom is 0.271 e. The van der Waals surface area contributed by atoms with E-state index < -0.39 is 0 Å². The summed E-state index contributed by atoms with van der Waals surface area (Å²) < 4.78 is 5.56. The average molecular weight is 438 g/mol. The molecule has 0 aliphatic heterocycles. The first-order valence-corrected chi connectivity index (χ1v) is 10.3. The number of rotatable bonds is 6. The third-order valence-corrected chi connectivity index (χ3v) is 6.29. The molecule has 8 nitrogen and oxygen atoms in total. The zero-order valence-corrected chi connectivity index (χ0v) is 17.6. The fourth-order valence-corrected chi connectivity index (χ4v) is 4.63. The third kappa shape index (κ3) is 3.67. The molecule has 3 aliphatic rings. The minimum Gasteiger partial charge on any atom is -0.484 e. The Morgan fingerprint density at radius 2 is 1.90 bits per heavy atom. The Kier molecular flexibility index (Phi) is 4.55. The Morgan fingerprint density at radius 3 is 2.68 bits per heavy atom. The summed E-state index contributed by atoms with van der Waals surface area (Å²) in [5.41, 5.74) is 1.68. The number of aryl methyl sites for hydroxylation is 1. The highest BCUT2D eigenvalue weighted by Crippen LogP contribution is 2.60. The number of hydrogen-bond acceptors (Lipinski definition) is 6. The smallest absolute Gasteiger partial charge is 0.271 e. The third-order valence-electron chi connectivity index (χ3n) is 5.86. The average Bonchev–Trinajstić information content (AvgIpc) is 2.71. The van der Waals surface area contributed by atoms with Gasteiger partial charge >= 0.3 is 0 Å². The van der Waals surface area contributed by atoms with Crippen LogP contribution >= 0.6 is 11.6 Å². The maximum atomic E-state index is 12.6. The van der Waals surface area contributed by atoms with Gasteiger partial charge in [-0.05, 0) is 62.1 Å². The van der Waals surface area contributed by atoms with E-state index in [9.17, 15) is 9.59 Å². The first-order chi connectivity index (χ1) is 14.9. The van der Waals surface area contributed by atoms with Crippen molar-refractivity contribution in [1.82, 2.24) is 25.6 Å². The molecule has 2 heterocycles. The van der Waals surface area contributed by atoms with E-state index >= 15 is 0 Å². The van der Waals surface area contributed by atoms with Gasteiger partial charge in [0.1, 0.15) is 17.0 Å². The number of halogens is 1. The molecule has 2 N–H and O–H groups in total. The molecule has 2 bridgehead atoms. The number of amides is 2. The van der Waals surface area contributed by atoms with Crippen molar-refractivity contribution in [3.63, 3.8) is 0 Å². The highest BCUT2D eigenvalue weighted by molar-refractivity contribution is 6.31. The molecule has 158 valence electrons. The topological polar surface area (TPSA) is 106 Å². The van der Waals surface area contributed by atoms with E-state index in [4.69, 9.17) is 16.3 Å². The Morgan fingerprint density at radius 1 is 1.13 bits per heavy atom. The Labute approximate surface area is 183 Å². The van der Waals surface area contributed by atoms with E-state index in [1.165, 1.54) is 6.20 Å². The normalized spacial score (nSPS) is 23.4. The zero-order chi connectivity index (χ0) is 21.6. The second-order valence-corrected chi connectivity index (χ2v) is 8.80. The van der Waals surface area contributed by atoms with Gasteiger partial charge in [0.25, 0.3) is 11.8 Å². The van der Waals surface area contributed by atoms with Gasteiger partial charge in [-0.1, -0.05) is 11.6 Å². The Balaban J connectivity index is 1.12. The van der Waals surface area contributed by atoms with E-state index in [1.807, 2.05) is 6.92 Å². The van der Waals surface area contributed by atoms with Gasteiger partial charge in [0.15, 0.2) is 12.3 Å². The minimum absolute atomic E-state index is 0.0666. The molecule has 9 heteroatoms. The molecule has 0 saturated heterocycles. The van der Waals surface area contributed by atoms with E-state index in [0.29, 0.717) is 41.2 Å². The lowest BCUT2D eigenvalue weighted by Crippen LogP contribution is -2.84. The number of nitrogens with zero attached hydrogens (tertiary/aromatic N) is 3. The second-order valence-electron chi connectivity index (χ2n) is 8.39. The van der Waals surface area contributed by atoms with Gasteiger partial charge in [-0.15, -0.1) is 0 Å². The van der Waals surface area contributed by atoms with Crippen molar-refractivity contribution >= 4 is 34.6 Å². The van der Waals surface area contributed by atoms with E-state index in [0.717, 1.165) is 5.56 Å². The molecule has 31 heavy (non-hydrogen) atoms. The molecule has 0 spiro atoms. The SMILES string of the molecule is Cc1cc(OCC(=O)NC23CC(NC(=O)c4cnc5ncccc5n4)(C2)C3)ccc1Cl. The van der Waals surface area contributed by atoms with Crippen molar-refractivity contribution in [3.05, 3.63) is 59.0 Å². The highest BCUT2D eigenvalue weighted by atomic mass is 35.5. The van der Waals surface area contributed by atoms with Crippen LogP contribution in [0.3, 0.4) is 0 Å². The summed E-state index contributed by atoms with van der Waals surface area (Å²) in [6.07, 6.45) is 5.15. The lowest BCUT2D eigenvalue weighted by Gasteiger charge is -2.70. The quantitative estimate of drug-likeness (QED) is 0.614. The van der Waals surface area contributed by atoms with Crippen molar-refractivity contribution in [2.45, 2.75) is 37.3 Å². The summed E-state index contributed by atoms with van der Waals surface area (Å²) in [4.78, 5) is 37.5. The number of fused-ring (bicyclic) bond motifs is 1. The molecule has 3 aromatic rings. The summed E-state index contributed by atoms with van der Waals surface area (Å²) in [5.74, 6) is 0.157. The van der Waals surface area contributed by atoms with Crippen LogP contribution in [0, 0.1) is 6.92 Å². The van der Waals surface area contributed by atoms with Gasteiger partial charge in [-0.25, -0.2) is 15.0 Å². The van der Waals surface area contributed by atoms with E-state index in [2.05, 4.69) is 25.6 Å². The molecule has 0 unspecified atom stereocenters. The number of hydrogen-bond donors (Lipinski definition) is 2. The van der Waals surface area contributed by atoms with Gasteiger partial charge in [0.05, 0.1) is 6.20 Å². The largest absolute Gasteiger partial charge is 0.484 e. The van der Waals surface area contributed by atoms with Crippen molar-refractivity contribution < 1.29 is 14.3 Å². The van der Waals surface area contributed by atoms with Gasteiger partial charge in [-0.2, -0.15) is 0 Å². The summed E-state index contributed by atoms with van der Waals surface area (Å²) in [6, 6.07) is 8.80. The monoisotopic (exact) mass is 437 g/mol. The molecule has 2 amide bonds. The summed E-state index contributed by atoms with van der Waals surface area (Å²) in [7, 11) is 0. The maximum absolute atomic E-state index is 12.6. The number of pyridine rings is 1. The van der Waals surface area contributed by atoms with Gasteiger partial charge < -0.3 is 15.4 Å². The zero-order valence-electron chi connectivity index (χ0n) is 16.8. The van der Waals surface area contributed by atoms with Crippen LogP contribution in [0.2, 0.25) is 5.02 Å². The predicted molar refractivity (Wildman–Crippen MR) is 114 cm³/mol. The van der Waals surface area contributed by atoms with Gasteiger partial charge in [0.2, 0.25) is 0 Å². The minimum atomic E-state index is -0.288. The first-order valence-electron chi connectivity index (χ1n) is 9.96. The lowest BCUT2D eigenvalue weighted by molar-refractivity contribution is -0.141. The molecule has 3 fully saturated rings. The molecule has 3 aliphatic carbocycles. The fraction of sp³-hybridized carbons (Fsp3) is 0.318. The molecule has 2 aromatic heterocycles. The van der Waals surface area contributed by atoms with E-state index in [1.54, 1.807) is 36.5 Å².